The molecule has 0 amide bonds. The Morgan fingerprint density at radius 1 is 1.28 bits per heavy atom. The molecule has 5 heteroatoms. The van der Waals surface area contributed by atoms with Crippen LogP contribution in [0.15, 0.2) is 58.6 Å². The molecule has 0 unspecified atom stereocenters. The Morgan fingerprint density at radius 3 is 2.60 bits per heavy atom. The Kier molecular flexibility index (Phi) is 4.25. The van der Waals surface area contributed by atoms with Crippen molar-refractivity contribution >= 4 is 11.9 Å². The molecule has 0 spiro atoms. The van der Waals surface area contributed by atoms with Crippen LogP contribution in [0.1, 0.15) is 41.6 Å². The molecule has 4 bridgehead atoms. The van der Waals surface area contributed by atoms with Gasteiger partial charge in [-0.3, -0.25) is 0 Å². The highest BCUT2D eigenvalue weighted by molar-refractivity contribution is 5.94. The van der Waals surface area contributed by atoms with Gasteiger partial charge in [-0.1, -0.05) is 36.5 Å². The van der Waals surface area contributed by atoms with E-state index < -0.39 is 24.0 Å². The summed E-state index contributed by atoms with van der Waals surface area (Å²) in [5.41, 5.74) is 2.18. The first kappa shape index (κ1) is 17.0. The fourth-order valence-corrected chi connectivity index (χ4v) is 3.21. The molecule has 5 nitrogen and oxygen atoms in total. The number of fused-ring (bicyclic) bond motifs is 3. The lowest BCUT2D eigenvalue weighted by molar-refractivity contribution is -0.139. The standard InChI is InChI=1S/C20H20O5/c1-10(2)12-5-6-13-8-16(25-20(13)23)18(11(3)4)17-9-14(19(21)22)15(7-12)24-17/h5-6,8-9,12,16,18H,1,3,7H2,2,4H3,(H,21,22)/b6-5-/t12-,16-,18-/m1/s1. The predicted molar refractivity (Wildman–Crippen MR) is 92.3 cm³/mol. The van der Waals surface area contributed by atoms with E-state index >= 15 is 0 Å². The lowest BCUT2D eigenvalue weighted by Gasteiger charge is -2.20. The number of rotatable bonds is 3. The number of allylic oxidation sites excluding steroid dienone is 2. The summed E-state index contributed by atoms with van der Waals surface area (Å²) < 4.78 is 11.4. The Hall–Kier alpha value is -2.82. The third kappa shape index (κ3) is 3.09. The summed E-state index contributed by atoms with van der Waals surface area (Å²) in [7, 11) is 0. The van der Waals surface area contributed by atoms with Crippen LogP contribution < -0.4 is 0 Å². The molecular weight excluding hydrogens is 320 g/mol. The second-order valence-electron chi connectivity index (χ2n) is 6.62. The number of aromatic carboxylic acids is 1. The van der Waals surface area contributed by atoms with Gasteiger partial charge < -0.3 is 14.3 Å². The highest BCUT2D eigenvalue weighted by atomic mass is 16.5. The van der Waals surface area contributed by atoms with Crippen molar-refractivity contribution in [2.24, 2.45) is 5.92 Å². The Bertz CT molecular complexity index is 836. The molecule has 1 aromatic heterocycles. The first-order valence-corrected chi connectivity index (χ1v) is 8.05. The van der Waals surface area contributed by atoms with Gasteiger partial charge in [0, 0.05) is 12.3 Å². The zero-order valence-electron chi connectivity index (χ0n) is 14.2. The molecule has 0 saturated carbocycles. The Morgan fingerprint density at radius 2 is 2.00 bits per heavy atom. The smallest absolute Gasteiger partial charge is 0.339 e. The van der Waals surface area contributed by atoms with Crippen molar-refractivity contribution in [3.8, 4) is 0 Å². The van der Waals surface area contributed by atoms with Gasteiger partial charge in [-0.25, -0.2) is 9.59 Å². The fraction of sp³-hybridized carbons (Fsp3) is 0.300. The van der Waals surface area contributed by atoms with E-state index in [2.05, 4.69) is 13.2 Å². The average Bonchev–Trinajstić information content (AvgIpc) is 3.05. The van der Waals surface area contributed by atoms with Crippen LogP contribution >= 0.6 is 0 Å². The number of carboxylic acids is 1. The van der Waals surface area contributed by atoms with Gasteiger partial charge in [-0.15, -0.1) is 0 Å². The normalized spacial score (nSPS) is 26.2. The molecule has 3 atom stereocenters. The number of hydrogen-bond acceptors (Lipinski definition) is 4. The van der Waals surface area contributed by atoms with Crippen LogP contribution in [0.3, 0.4) is 0 Å². The van der Waals surface area contributed by atoms with Gasteiger partial charge in [0.05, 0.1) is 11.5 Å². The van der Waals surface area contributed by atoms with E-state index in [0.717, 1.165) is 11.1 Å². The number of furan rings is 1. The average molecular weight is 340 g/mol. The van der Waals surface area contributed by atoms with E-state index in [1.807, 2.05) is 13.0 Å². The number of carboxylic acid groups (broad SMARTS) is 1. The minimum atomic E-state index is -1.05. The van der Waals surface area contributed by atoms with Crippen LogP contribution in [0.4, 0.5) is 0 Å². The van der Waals surface area contributed by atoms with Crippen LogP contribution in [0.25, 0.3) is 0 Å². The molecule has 3 rings (SSSR count). The van der Waals surface area contributed by atoms with Crippen LogP contribution in [0.5, 0.6) is 0 Å². The topological polar surface area (TPSA) is 76.7 Å². The first-order valence-electron chi connectivity index (χ1n) is 8.05. The largest absolute Gasteiger partial charge is 0.478 e. The van der Waals surface area contributed by atoms with E-state index in [-0.39, 0.29) is 11.5 Å². The molecule has 3 heterocycles. The van der Waals surface area contributed by atoms with Crippen LogP contribution in [0, 0.1) is 5.92 Å². The summed E-state index contributed by atoms with van der Waals surface area (Å²) in [5, 5.41) is 9.52. The molecule has 0 radical (unpaired) electrons. The van der Waals surface area contributed by atoms with Crippen LogP contribution in [0.2, 0.25) is 0 Å². The molecule has 25 heavy (non-hydrogen) atoms. The van der Waals surface area contributed by atoms with Crippen molar-refractivity contribution in [3.63, 3.8) is 0 Å². The summed E-state index contributed by atoms with van der Waals surface area (Å²) in [6, 6.07) is 1.51. The first-order chi connectivity index (χ1) is 11.8. The SMILES string of the molecule is C=C(C)[C@@H]1/C=C\C2=C[C@@H](OC2=O)[C@@H](C(=C)C)c2cc(C(=O)O)c(o2)C1. The van der Waals surface area contributed by atoms with Crippen molar-refractivity contribution in [1.29, 1.82) is 0 Å². The predicted octanol–water partition coefficient (Wildman–Crippen LogP) is 3.79. The zero-order valence-corrected chi connectivity index (χ0v) is 14.2. The number of carbonyl (C=O) groups is 2. The summed E-state index contributed by atoms with van der Waals surface area (Å²) in [6.45, 7) is 11.6. The molecular formula is C20H20O5. The highest BCUT2D eigenvalue weighted by Crippen LogP contribution is 2.37. The van der Waals surface area contributed by atoms with Crippen molar-refractivity contribution in [2.45, 2.75) is 32.3 Å². The molecule has 2 aliphatic heterocycles. The number of carbonyl (C=O) groups excluding carboxylic acids is 1. The van der Waals surface area contributed by atoms with Crippen LogP contribution in [-0.2, 0) is 16.0 Å². The molecule has 0 fully saturated rings. The minimum absolute atomic E-state index is 0.120. The maximum Gasteiger partial charge on any atom is 0.339 e. The number of esters is 1. The quantitative estimate of drug-likeness (QED) is 0.669. The van der Waals surface area contributed by atoms with Gasteiger partial charge in [0.15, 0.2) is 0 Å². The summed E-state index contributed by atoms with van der Waals surface area (Å²) in [4.78, 5) is 23.8. The summed E-state index contributed by atoms with van der Waals surface area (Å²) >= 11 is 0. The molecule has 2 aliphatic rings. The highest BCUT2D eigenvalue weighted by Gasteiger charge is 2.36. The monoisotopic (exact) mass is 340 g/mol. The van der Waals surface area contributed by atoms with E-state index in [1.165, 1.54) is 6.07 Å². The lowest BCUT2D eigenvalue weighted by Crippen LogP contribution is -2.19. The molecule has 0 aromatic carbocycles. The maximum absolute atomic E-state index is 12.1. The van der Waals surface area contributed by atoms with Gasteiger partial charge >= 0.3 is 11.9 Å². The number of ether oxygens (including phenoxy) is 1. The van der Waals surface area contributed by atoms with E-state index in [9.17, 15) is 14.7 Å². The lowest BCUT2D eigenvalue weighted by atomic mass is 9.90. The minimum Gasteiger partial charge on any atom is -0.478 e. The molecule has 130 valence electrons. The third-order valence-electron chi connectivity index (χ3n) is 4.59. The summed E-state index contributed by atoms with van der Waals surface area (Å²) in [5.74, 6) is -1.20. The van der Waals surface area contributed by atoms with Gasteiger partial charge in [0.2, 0.25) is 0 Å². The van der Waals surface area contributed by atoms with Crippen molar-refractivity contribution in [2.75, 3.05) is 0 Å². The van der Waals surface area contributed by atoms with Gasteiger partial charge in [0.25, 0.3) is 0 Å². The van der Waals surface area contributed by atoms with Crippen molar-refractivity contribution in [3.05, 3.63) is 71.3 Å². The maximum atomic E-state index is 12.1. The van der Waals surface area contributed by atoms with Crippen molar-refractivity contribution in [1.82, 2.24) is 0 Å². The Balaban J connectivity index is 2.19. The second kappa shape index (κ2) is 6.24. The van der Waals surface area contributed by atoms with E-state index in [0.29, 0.717) is 23.5 Å². The van der Waals surface area contributed by atoms with Crippen LogP contribution in [-0.4, -0.2) is 23.1 Å². The molecule has 1 aromatic rings. The molecule has 1 N–H and O–H groups in total. The van der Waals surface area contributed by atoms with Crippen molar-refractivity contribution < 1.29 is 23.8 Å². The van der Waals surface area contributed by atoms with Gasteiger partial charge in [-0.05, 0) is 26.0 Å². The molecule has 0 aliphatic carbocycles. The Labute approximate surface area is 146 Å². The van der Waals surface area contributed by atoms with E-state index in [1.54, 1.807) is 19.1 Å². The fourth-order valence-electron chi connectivity index (χ4n) is 3.21. The van der Waals surface area contributed by atoms with Gasteiger partial charge in [-0.2, -0.15) is 0 Å². The summed E-state index contributed by atoms with van der Waals surface area (Å²) in [6.07, 6.45) is 5.09. The second-order valence-corrected chi connectivity index (χ2v) is 6.62. The zero-order chi connectivity index (χ0) is 18.3. The number of hydrogen-bond donors (Lipinski definition) is 1. The van der Waals surface area contributed by atoms with Gasteiger partial charge in [0.1, 0.15) is 23.2 Å². The molecule has 0 saturated heterocycles. The van der Waals surface area contributed by atoms with E-state index in [4.69, 9.17) is 9.15 Å². The third-order valence-corrected chi connectivity index (χ3v) is 4.59.